The van der Waals surface area contributed by atoms with E-state index in [0.29, 0.717) is 5.56 Å². The highest BCUT2D eigenvalue weighted by molar-refractivity contribution is 5.98. The summed E-state index contributed by atoms with van der Waals surface area (Å²) in [6.45, 7) is 8.19. The van der Waals surface area contributed by atoms with Gasteiger partial charge in [0.25, 0.3) is 5.91 Å². The Morgan fingerprint density at radius 3 is 2.24 bits per heavy atom. The average Bonchev–Trinajstić information content (AvgIpc) is 3.16. The van der Waals surface area contributed by atoms with E-state index in [1.807, 2.05) is 67.7 Å². The molecule has 34 heavy (non-hydrogen) atoms. The molecule has 0 aromatic heterocycles. The third-order valence-electron chi connectivity index (χ3n) is 6.19. The Balaban J connectivity index is 1.66. The summed E-state index contributed by atoms with van der Waals surface area (Å²) in [5, 5.41) is 2.94. The van der Waals surface area contributed by atoms with Crippen molar-refractivity contribution in [3.05, 3.63) is 101 Å². The van der Waals surface area contributed by atoms with Crippen LogP contribution < -0.4 is 15.6 Å². The summed E-state index contributed by atoms with van der Waals surface area (Å²) in [6, 6.07) is 24.2. The van der Waals surface area contributed by atoms with Crippen molar-refractivity contribution in [2.45, 2.75) is 32.9 Å². The summed E-state index contributed by atoms with van der Waals surface area (Å²) < 4.78 is 1.80. The first-order chi connectivity index (χ1) is 16.5. The molecule has 3 aromatic rings. The zero-order valence-electron chi connectivity index (χ0n) is 19.9. The molecule has 174 valence electrons. The fourth-order valence-corrected chi connectivity index (χ4v) is 4.28. The molecular formula is C28H31N4O2+. The van der Waals surface area contributed by atoms with Gasteiger partial charge in [-0.15, -0.1) is 10.1 Å². The number of aryl methyl sites for hydroxylation is 1. The maximum Gasteiger partial charge on any atom is 0.304 e. The van der Waals surface area contributed by atoms with Crippen molar-refractivity contribution in [2.75, 3.05) is 18.0 Å². The van der Waals surface area contributed by atoms with Gasteiger partial charge in [-0.25, -0.2) is 0 Å². The normalized spacial score (nSPS) is 18.6. The van der Waals surface area contributed by atoms with Crippen LogP contribution in [0.15, 0.2) is 78.9 Å². The molecule has 4 rings (SSSR count). The zero-order chi connectivity index (χ0) is 24.1. The lowest BCUT2D eigenvalue weighted by Gasteiger charge is -2.20. The Kier molecular flexibility index (Phi) is 7.07. The Bertz CT molecular complexity index is 1170. The summed E-state index contributed by atoms with van der Waals surface area (Å²) in [6.07, 6.45) is 1.92. The number of nitrogens with one attached hydrogen (secondary N) is 2. The van der Waals surface area contributed by atoms with E-state index in [1.54, 1.807) is 16.8 Å². The first kappa shape index (κ1) is 23.2. The number of anilines is 1. The van der Waals surface area contributed by atoms with Crippen molar-refractivity contribution < 1.29 is 14.3 Å². The highest BCUT2D eigenvalue weighted by atomic mass is 16.2. The number of amides is 2. The highest BCUT2D eigenvalue weighted by Crippen LogP contribution is 2.26. The van der Waals surface area contributed by atoms with Crippen molar-refractivity contribution in [3.63, 3.8) is 0 Å². The Morgan fingerprint density at radius 2 is 1.62 bits per heavy atom. The molecular weight excluding hydrogens is 424 g/mol. The van der Waals surface area contributed by atoms with Gasteiger partial charge in [0.1, 0.15) is 0 Å². The minimum absolute atomic E-state index is 0.245. The van der Waals surface area contributed by atoms with Gasteiger partial charge in [-0.2, -0.15) is 0 Å². The lowest BCUT2D eigenvalue weighted by molar-refractivity contribution is -0.596. The van der Waals surface area contributed by atoms with Crippen molar-refractivity contribution in [1.82, 2.24) is 10.7 Å². The number of hydrogen-bond donors (Lipinski definition) is 2. The molecule has 2 atom stereocenters. The van der Waals surface area contributed by atoms with E-state index >= 15 is 0 Å². The molecule has 2 amide bonds. The summed E-state index contributed by atoms with van der Waals surface area (Å²) in [5.74, 6) is -0.519. The summed E-state index contributed by atoms with van der Waals surface area (Å²) in [4.78, 5) is 28.2. The third kappa shape index (κ3) is 5.01. The molecule has 0 radical (unpaired) electrons. The number of carbonyl (C=O) groups excluding carboxylic acids is 2. The van der Waals surface area contributed by atoms with E-state index in [9.17, 15) is 9.59 Å². The molecule has 1 saturated heterocycles. The number of rotatable bonds is 7. The quantitative estimate of drug-likeness (QED) is 0.532. The molecule has 1 fully saturated rings. The zero-order valence-corrected chi connectivity index (χ0v) is 19.9. The van der Waals surface area contributed by atoms with Crippen LogP contribution in [0.3, 0.4) is 0 Å². The van der Waals surface area contributed by atoms with Crippen LogP contribution in [-0.4, -0.2) is 41.8 Å². The maximum atomic E-state index is 13.0. The summed E-state index contributed by atoms with van der Waals surface area (Å²) >= 11 is 0. The molecule has 2 N–H and O–H groups in total. The number of hydrogen-bond acceptors (Lipinski definition) is 3. The van der Waals surface area contributed by atoms with E-state index in [2.05, 4.69) is 41.6 Å². The van der Waals surface area contributed by atoms with E-state index in [4.69, 9.17) is 0 Å². The van der Waals surface area contributed by atoms with E-state index in [-0.39, 0.29) is 17.9 Å². The van der Waals surface area contributed by atoms with Crippen LogP contribution in [0.4, 0.5) is 5.69 Å². The molecule has 6 nitrogen and oxygen atoms in total. The van der Waals surface area contributed by atoms with Crippen LogP contribution in [-0.2, 0) is 4.79 Å². The maximum absolute atomic E-state index is 13.0. The van der Waals surface area contributed by atoms with Crippen LogP contribution in [0.2, 0.25) is 0 Å². The van der Waals surface area contributed by atoms with Crippen LogP contribution in [0.1, 0.15) is 46.9 Å². The van der Waals surface area contributed by atoms with Gasteiger partial charge in [0.05, 0.1) is 0 Å². The van der Waals surface area contributed by atoms with Gasteiger partial charge < -0.3 is 10.2 Å². The number of benzene rings is 3. The van der Waals surface area contributed by atoms with Gasteiger partial charge in [0.2, 0.25) is 12.3 Å². The van der Waals surface area contributed by atoms with Crippen molar-refractivity contribution in [2.24, 2.45) is 0 Å². The van der Waals surface area contributed by atoms with Gasteiger partial charge >= 0.3 is 5.91 Å². The lowest BCUT2D eigenvalue weighted by atomic mass is 9.98. The fourth-order valence-electron chi connectivity index (χ4n) is 4.28. The van der Waals surface area contributed by atoms with Gasteiger partial charge in [0.15, 0.2) is 6.04 Å². The summed E-state index contributed by atoms with van der Waals surface area (Å²) in [7, 11) is 0. The molecule has 0 spiro atoms. The predicted molar refractivity (Wildman–Crippen MR) is 135 cm³/mol. The number of nitrogens with zero attached hydrogens (tertiary/aromatic N) is 2. The first-order valence-electron chi connectivity index (χ1n) is 11.7. The van der Waals surface area contributed by atoms with Gasteiger partial charge in [-0.05, 0) is 57.2 Å². The van der Waals surface area contributed by atoms with Gasteiger partial charge in [-0.3, -0.25) is 9.59 Å². The van der Waals surface area contributed by atoms with Crippen LogP contribution in [0, 0.1) is 6.92 Å². The Labute approximate surface area is 200 Å². The second kappa shape index (κ2) is 10.3. The molecule has 0 bridgehead atoms. The highest BCUT2D eigenvalue weighted by Gasteiger charge is 2.47. The minimum atomic E-state index is -0.735. The van der Waals surface area contributed by atoms with Crippen molar-refractivity contribution in [3.8, 4) is 0 Å². The third-order valence-corrected chi connectivity index (χ3v) is 6.19. The predicted octanol–water partition coefficient (Wildman–Crippen LogP) is 3.86. The number of hydrazone groups is 1. The topological polar surface area (TPSA) is 64.5 Å². The smallest absolute Gasteiger partial charge is 0.304 e. The lowest BCUT2D eigenvalue weighted by Crippen LogP contribution is -2.42. The number of carbonyl (C=O) groups is 2. The first-order valence-corrected chi connectivity index (χ1v) is 11.7. The largest absolute Gasteiger partial charge is 0.372 e. The van der Waals surface area contributed by atoms with Crippen LogP contribution in [0.5, 0.6) is 0 Å². The standard InChI is InChI=1S/C28H30N4O2/c1-4-31(5-2)24-17-13-21(14-18-24)19-32-26(22-15-11-20(3)12-16-22)25(28(34)30-32)29-27(33)23-9-7-6-8-10-23/h6-19,25-26H,4-5H2,1-3H3,(H-,29,30,33,34)/p+1/t25-,26+/m1/s1. The van der Waals surface area contributed by atoms with Gasteiger partial charge in [-0.1, -0.05) is 48.0 Å². The second-order valence-corrected chi connectivity index (χ2v) is 8.45. The van der Waals surface area contributed by atoms with E-state index < -0.39 is 6.04 Å². The molecule has 0 aliphatic carbocycles. The molecule has 1 aliphatic heterocycles. The van der Waals surface area contributed by atoms with Gasteiger partial charge in [0, 0.05) is 35.5 Å². The van der Waals surface area contributed by atoms with Crippen molar-refractivity contribution >= 4 is 23.7 Å². The molecule has 0 unspecified atom stereocenters. The van der Waals surface area contributed by atoms with Crippen LogP contribution >= 0.6 is 0 Å². The Morgan fingerprint density at radius 1 is 0.971 bits per heavy atom. The number of hydrazine groups is 1. The van der Waals surface area contributed by atoms with E-state index in [1.165, 1.54) is 0 Å². The second-order valence-electron chi connectivity index (χ2n) is 8.45. The molecule has 1 heterocycles. The van der Waals surface area contributed by atoms with Crippen molar-refractivity contribution in [1.29, 1.82) is 0 Å². The molecule has 1 aliphatic rings. The fraction of sp³-hybridized carbons (Fsp3) is 0.250. The summed E-state index contributed by atoms with van der Waals surface area (Å²) in [5.41, 5.74) is 7.67. The molecule has 3 aromatic carbocycles. The van der Waals surface area contributed by atoms with Crippen LogP contribution in [0.25, 0.3) is 0 Å². The molecule has 6 heteroatoms. The van der Waals surface area contributed by atoms with E-state index in [0.717, 1.165) is 35.5 Å². The Hall–Kier alpha value is -3.93. The minimum Gasteiger partial charge on any atom is -0.372 e. The average molecular weight is 456 g/mol. The molecule has 0 saturated carbocycles. The SMILES string of the molecule is CCN(CC)c1ccc(/C=[N+]2\NC(=O)[C@H](NC(=O)c3ccccc3)[C@@H]2c2ccc(C)cc2)cc1. The monoisotopic (exact) mass is 455 g/mol.